The van der Waals surface area contributed by atoms with Gasteiger partial charge in [0.25, 0.3) is 5.89 Å². The molecule has 130 valence electrons. The number of nitrogens with one attached hydrogen (secondary N) is 1. The fourth-order valence-corrected chi connectivity index (χ4v) is 3.53. The fraction of sp³-hybridized carbons (Fsp3) is 0.188. The molecule has 2 aromatic heterocycles. The second-order valence-corrected chi connectivity index (χ2v) is 7.51. The van der Waals surface area contributed by atoms with E-state index in [1.54, 1.807) is 17.8 Å². The number of nitrogens with zero attached hydrogens (tertiary/aromatic N) is 2. The molecule has 0 spiro atoms. The molecule has 0 aliphatic heterocycles. The Hall–Kier alpha value is -2.03. The molecule has 2 heterocycles. The van der Waals surface area contributed by atoms with Crippen LogP contribution in [0.1, 0.15) is 0 Å². The lowest BCUT2D eigenvalue weighted by Crippen LogP contribution is -2.32. The number of rotatable bonds is 7. The van der Waals surface area contributed by atoms with E-state index in [1.165, 1.54) is 11.3 Å². The van der Waals surface area contributed by atoms with E-state index in [-0.39, 0.29) is 18.3 Å². The summed E-state index contributed by atoms with van der Waals surface area (Å²) in [6.45, 7) is 0.315. The predicted molar refractivity (Wildman–Crippen MR) is 99.3 cm³/mol. The zero-order valence-electron chi connectivity index (χ0n) is 13.0. The normalized spacial score (nSPS) is 10.8. The predicted octanol–water partition coefficient (Wildman–Crippen LogP) is 3.13. The molecule has 0 aliphatic rings. The van der Waals surface area contributed by atoms with E-state index in [9.17, 15) is 9.59 Å². The van der Waals surface area contributed by atoms with Crippen molar-refractivity contribution in [3.63, 3.8) is 0 Å². The Morgan fingerprint density at radius 2 is 2.12 bits per heavy atom. The maximum absolute atomic E-state index is 11.9. The van der Waals surface area contributed by atoms with Gasteiger partial charge in [-0.3, -0.25) is 4.79 Å². The Morgan fingerprint density at radius 1 is 1.32 bits per heavy atom. The van der Waals surface area contributed by atoms with Crippen LogP contribution in [0.3, 0.4) is 0 Å². The first-order valence-corrected chi connectivity index (χ1v) is 9.63. The van der Waals surface area contributed by atoms with Gasteiger partial charge in [-0.05, 0) is 35.7 Å². The number of carbonyl (C=O) groups excluding carboxylic acids is 1. The van der Waals surface area contributed by atoms with Crippen LogP contribution in [0.25, 0.3) is 10.8 Å². The minimum absolute atomic E-state index is 0.167. The standard InChI is InChI=1S/C16H14ClN3O3S2/c17-11-3-5-12(6-4-11)24-9-7-18-14(21)10-20-16(22)23-15(19-20)13-2-1-8-25-13/h1-6,8H,7,9-10H2,(H,18,21). The van der Waals surface area contributed by atoms with Gasteiger partial charge in [-0.15, -0.1) is 28.2 Å². The average Bonchev–Trinajstić information content (AvgIpc) is 3.24. The van der Waals surface area contributed by atoms with E-state index >= 15 is 0 Å². The molecule has 25 heavy (non-hydrogen) atoms. The minimum atomic E-state index is -0.644. The van der Waals surface area contributed by atoms with Crippen LogP contribution in [0.2, 0.25) is 5.02 Å². The third-order valence-corrected chi connectivity index (χ3v) is 5.26. The van der Waals surface area contributed by atoms with Crippen molar-refractivity contribution in [2.45, 2.75) is 11.4 Å². The van der Waals surface area contributed by atoms with Crippen LogP contribution in [-0.2, 0) is 11.3 Å². The van der Waals surface area contributed by atoms with Gasteiger partial charge in [0.15, 0.2) is 0 Å². The molecular formula is C16H14ClN3O3S2. The molecule has 0 unspecified atom stereocenters. The highest BCUT2D eigenvalue weighted by Crippen LogP contribution is 2.21. The Morgan fingerprint density at radius 3 is 2.84 bits per heavy atom. The summed E-state index contributed by atoms with van der Waals surface area (Å²) in [4.78, 5) is 25.5. The molecular weight excluding hydrogens is 382 g/mol. The number of thiophene rings is 1. The van der Waals surface area contributed by atoms with Crippen LogP contribution < -0.4 is 11.1 Å². The Balaban J connectivity index is 1.46. The molecule has 3 rings (SSSR count). The highest BCUT2D eigenvalue weighted by molar-refractivity contribution is 7.99. The van der Waals surface area contributed by atoms with Crippen molar-refractivity contribution in [3.8, 4) is 10.8 Å². The van der Waals surface area contributed by atoms with Crippen LogP contribution in [0.15, 0.2) is 55.9 Å². The lowest BCUT2D eigenvalue weighted by Gasteiger charge is -2.04. The summed E-state index contributed by atoms with van der Waals surface area (Å²) in [5.74, 6) is 0.00617. The van der Waals surface area contributed by atoms with Gasteiger partial charge in [0.2, 0.25) is 5.91 Å². The van der Waals surface area contributed by atoms with E-state index in [0.717, 1.165) is 14.5 Å². The van der Waals surface area contributed by atoms with Crippen molar-refractivity contribution in [1.82, 2.24) is 15.1 Å². The van der Waals surface area contributed by atoms with E-state index in [1.807, 2.05) is 35.7 Å². The Bertz CT molecular complexity index is 888. The van der Waals surface area contributed by atoms with Gasteiger partial charge >= 0.3 is 5.76 Å². The SMILES string of the molecule is O=C(Cn1nc(-c2cccs2)oc1=O)NCCSc1ccc(Cl)cc1. The second-order valence-electron chi connectivity index (χ2n) is 4.96. The summed E-state index contributed by atoms with van der Waals surface area (Å²) in [7, 11) is 0. The number of halogens is 1. The lowest BCUT2D eigenvalue weighted by atomic mass is 10.4. The molecule has 0 bridgehead atoms. The zero-order chi connectivity index (χ0) is 17.6. The van der Waals surface area contributed by atoms with Gasteiger partial charge < -0.3 is 9.73 Å². The summed E-state index contributed by atoms with van der Waals surface area (Å²) in [6.07, 6.45) is 0. The monoisotopic (exact) mass is 395 g/mol. The highest BCUT2D eigenvalue weighted by atomic mass is 35.5. The molecule has 0 fully saturated rings. The quantitative estimate of drug-likeness (QED) is 0.491. The van der Waals surface area contributed by atoms with E-state index in [2.05, 4.69) is 10.4 Å². The van der Waals surface area contributed by atoms with Crippen molar-refractivity contribution in [1.29, 1.82) is 0 Å². The molecule has 3 aromatic rings. The maximum atomic E-state index is 11.9. The van der Waals surface area contributed by atoms with Gasteiger partial charge in [-0.2, -0.15) is 4.68 Å². The summed E-state index contributed by atoms with van der Waals surface area (Å²) in [5, 5.41) is 9.36. The number of hydrogen-bond acceptors (Lipinski definition) is 6. The third-order valence-electron chi connectivity index (χ3n) is 3.14. The van der Waals surface area contributed by atoms with Crippen molar-refractivity contribution in [2.24, 2.45) is 0 Å². The minimum Gasteiger partial charge on any atom is -0.387 e. The van der Waals surface area contributed by atoms with Crippen molar-refractivity contribution >= 4 is 40.6 Å². The van der Waals surface area contributed by atoms with Crippen LogP contribution in [0, 0.1) is 0 Å². The number of thioether (sulfide) groups is 1. The number of carbonyl (C=O) groups is 1. The number of aromatic nitrogens is 2. The van der Waals surface area contributed by atoms with E-state index in [4.69, 9.17) is 16.0 Å². The van der Waals surface area contributed by atoms with Crippen LogP contribution in [0.5, 0.6) is 0 Å². The summed E-state index contributed by atoms with van der Waals surface area (Å²) < 4.78 is 6.09. The third kappa shape index (κ3) is 4.97. The first-order chi connectivity index (χ1) is 12.1. The van der Waals surface area contributed by atoms with Crippen LogP contribution >= 0.6 is 34.7 Å². The summed E-state index contributed by atoms with van der Waals surface area (Å²) in [5.41, 5.74) is 0. The highest BCUT2D eigenvalue weighted by Gasteiger charge is 2.13. The molecule has 1 amide bonds. The van der Waals surface area contributed by atoms with E-state index < -0.39 is 5.76 Å². The molecule has 1 N–H and O–H groups in total. The second kappa shape index (κ2) is 8.37. The smallest absolute Gasteiger partial charge is 0.387 e. The lowest BCUT2D eigenvalue weighted by molar-refractivity contribution is -0.121. The first-order valence-electron chi connectivity index (χ1n) is 7.39. The Kier molecular flexibility index (Phi) is 5.95. The topological polar surface area (TPSA) is 77.1 Å². The maximum Gasteiger partial charge on any atom is 0.437 e. The van der Waals surface area contributed by atoms with Gasteiger partial charge in [0.1, 0.15) is 6.54 Å². The molecule has 1 aromatic carbocycles. The average molecular weight is 396 g/mol. The number of hydrogen-bond donors (Lipinski definition) is 1. The van der Waals surface area contributed by atoms with E-state index in [0.29, 0.717) is 17.3 Å². The van der Waals surface area contributed by atoms with Gasteiger partial charge in [0, 0.05) is 22.2 Å². The first kappa shape index (κ1) is 17.8. The largest absolute Gasteiger partial charge is 0.437 e. The Labute approximate surface area is 156 Å². The van der Waals surface area contributed by atoms with Gasteiger partial charge in [-0.25, -0.2) is 4.79 Å². The van der Waals surface area contributed by atoms with Gasteiger partial charge in [0.05, 0.1) is 4.88 Å². The number of amides is 1. The number of benzene rings is 1. The summed E-state index contributed by atoms with van der Waals surface area (Å²) in [6, 6.07) is 11.1. The zero-order valence-corrected chi connectivity index (χ0v) is 15.4. The molecule has 0 aliphatic carbocycles. The van der Waals surface area contributed by atoms with Crippen LogP contribution in [0.4, 0.5) is 0 Å². The molecule has 9 heteroatoms. The fourth-order valence-electron chi connectivity index (χ4n) is 1.99. The molecule has 0 radical (unpaired) electrons. The summed E-state index contributed by atoms with van der Waals surface area (Å²) >= 11 is 8.85. The van der Waals surface area contributed by atoms with Crippen LogP contribution in [-0.4, -0.2) is 28.0 Å². The molecule has 0 saturated carbocycles. The van der Waals surface area contributed by atoms with Crippen molar-refractivity contribution < 1.29 is 9.21 Å². The molecule has 0 atom stereocenters. The molecule has 0 saturated heterocycles. The van der Waals surface area contributed by atoms with Crippen molar-refractivity contribution in [3.05, 3.63) is 57.4 Å². The van der Waals surface area contributed by atoms with Crippen molar-refractivity contribution in [2.75, 3.05) is 12.3 Å². The van der Waals surface area contributed by atoms with Gasteiger partial charge in [-0.1, -0.05) is 17.7 Å². The molecule has 6 nitrogen and oxygen atoms in total.